The zero-order valence-corrected chi connectivity index (χ0v) is 75.8. The Balaban J connectivity index is 0.000000147. The fourth-order valence-corrected chi connectivity index (χ4v) is 23.6. The maximum atomic E-state index is 12.6. The van der Waals surface area contributed by atoms with Crippen LogP contribution < -0.4 is 18.9 Å². The summed E-state index contributed by atoms with van der Waals surface area (Å²) < 4.78 is 61.0. The van der Waals surface area contributed by atoms with Gasteiger partial charge < -0.3 is 93.0 Å². The Kier molecular flexibility index (Phi) is 35.9. The van der Waals surface area contributed by atoms with Gasteiger partial charge in [0.1, 0.15) is 53.3 Å². The van der Waals surface area contributed by atoms with Crippen molar-refractivity contribution in [2.75, 3.05) is 66.1 Å². The van der Waals surface area contributed by atoms with Crippen molar-refractivity contribution < 1.29 is 131 Å². The molecule has 27 nitrogen and oxygen atoms in total. The third-order valence-corrected chi connectivity index (χ3v) is 30.8. The highest BCUT2D eigenvalue weighted by atomic mass is 16.6. The van der Waals surface area contributed by atoms with E-state index in [4.69, 9.17) is 72.5 Å². The first-order chi connectivity index (χ1) is 62.3. The molecule has 1 unspecified atom stereocenters. The zero-order chi connectivity index (χ0) is 91.4. The lowest BCUT2D eigenvalue weighted by Crippen LogP contribution is -2.38. The molecule has 3 heterocycles. The minimum atomic E-state index is -0.987. The predicted molar refractivity (Wildman–Crippen MR) is 473 cm³/mol. The number of aliphatic carboxylic acids is 4. The monoisotopic (exact) mass is 1800 g/mol. The number of carboxylic acids is 4. The summed E-state index contributed by atoms with van der Waals surface area (Å²) in [5, 5.41) is 79.2. The molecule has 27 heteroatoms. The van der Waals surface area contributed by atoms with E-state index in [2.05, 4.69) is 31.2 Å². The van der Waals surface area contributed by atoms with E-state index in [1.807, 2.05) is 69.3 Å². The number of aliphatic hydroxyl groups is 4. The average Bonchev–Trinajstić information content (AvgIpc) is 1.66. The number of fused-ring (bicyclic) bond motifs is 8. The number of hydrogen-bond acceptors (Lipinski definition) is 23. The van der Waals surface area contributed by atoms with Crippen LogP contribution in [0.5, 0.6) is 23.0 Å². The lowest BCUT2D eigenvalue weighted by Gasteiger charge is -2.33. The molecule has 0 aromatic heterocycles. The molecule has 5 saturated carbocycles. The van der Waals surface area contributed by atoms with Crippen molar-refractivity contribution in [2.24, 2.45) is 94.7 Å². The molecule has 9 aliphatic carbocycles. The van der Waals surface area contributed by atoms with E-state index >= 15 is 0 Å². The molecule has 0 spiro atoms. The number of esters is 4. The summed E-state index contributed by atoms with van der Waals surface area (Å²) in [6.45, 7) is 10.0. The molecule has 4 aromatic rings. The van der Waals surface area contributed by atoms with Crippen LogP contribution >= 0.6 is 0 Å². The van der Waals surface area contributed by atoms with Gasteiger partial charge in [0, 0.05) is 19.8 Å². The number of rotatable bonds is 36. The fraction of sp³-hybridized carbons (Fsp3) is 0.686. The van der Waals surface area contributed by atoms with Crippen LogP contribution in [-0.4, -0.2) is 204 Å². The predicted octanol–water partition coefficient (Wildman–Crippen LogP) is 13.5. The third kappa shape index (κ3) is 25.9. The van der Waals surface area contributed by atoms with Crippen molar-refractivity contribution in [3.63, 3.8) is 0 Å². The van der Waals surface area contributed by atoms with Gasteiger partial charge in [0.25, 0.3) is 0 Å². The van der Waals surface area contributed by atoms with E-state index in [0.717, 1.165) is 221 Å². The van der Waals surface area contributed by atoms with E-state index in [-0.39, 0.29) is 146 Å². The Bertz CT molecular complexity index is 4230. The van der Waals surface area contributed by atoms with Crippen molar-refractivity contribution in [3.8, 4) is 23.0 Å². The second kappa shape index (κ2) is 47.3. The third-order valence-electron chi connectivity index (χ3n) is 30.8. The van der Waals surface area contributed by atoms with Crippen molar-refractivity contribution >= 4 is 47.8 Å². The van der Waals surface area contributed by atoms with Gasteiger partial charge in [-0.2, -0.15) is 0 Å². The second-order valence-electron chi connectivity index (χ2n) is 38.7. The first-order valence-corrected chi connectivity index (χ1v) is 48.4. The molecule has 0 amide bonds. The van der Waals surface area contributed by atoms with Crippen LogP contribution in [0, 0.1) is 94.7 Å². The highest BCUT2D eigenvalue weighted by molar-refractivity contribution is 5.75. The molecule has 8 fully saturated rings. The molecule has 21 atom stereocenters. The van der Waals surface area contributed by atoms with Gasteiger partial charge in [0.15, 0.2) is 26.4 Å². The maximum absolute atomic E-state index is 12.6. The number of carbonyl (C=O) groups excluding carboxylic acids is 4. The van der Waals surface area contributed by atoms with E-state index in [1.54, 1.807) is 0 Å². The standard InChI is InChI=1S/C27H38O6.C26H36O7.C25H34O7.C24H32O7/c1-2-20(33-27(31)17-7-4-3-5-8-17)11-12-21-22-13-18-9-6-10-25(32-16-26(29)30)23(18)14-19(22)15-24(21)28;1-2-19(33-26(30)16-8-10-31-11-9-16)6-7-20-21-12-17-4-3-5-24(32-15-25(28)29)22(17)13-18(21)14-23(20)27;1-2-18(32-25(29)16-8-9-30-13-16)6-7-19-20-10-15-4-3-5-23(31-14-24(27)28)21(15)11-17(20)12-22(19)26;1-2-17(31-24(28)16-11-29-12-16)6-7-18-19-8-14-4-3-5-22(30-13-23(26)27)20(14)9-15(19)10-21(18)25/h6,9-10,17,19-22,24,28H,2-5,7-8,11-16H2,1H3,(H,29,30);3-5,16,18-21,23,27H,2,6-15H2,1H3,(H,28,29);3-5,16-20,22,26H,2,6-14H2,1H3,(H,27,28);3-5,15-19,21,25H,2,6-13H2,1H3,(H,26,27)/t19-,20-,21+,22-,24+;18-,19-,20+,21-,23+;16?,17-,18-,19+,20-,22+;15-,17-,18+,19-,21+/m0000/s1. The first-order valence-electron chi connectivity index (χ1n) is 48.4. The molecule has 3 aliphatic heterocycles. The maximum Gasteiger partial charge on any atom is 0.341 e. The molecule has 710 valence electrons. The summed E-state index contributed by atoms with van der Waals surface area (Å²) in [6, 6.07) is 23.4. The summed E-state index contributed by atoms with van der Waals surface area (Å²) in [7, 11) is 0. The van der Waals surface area contributed by atoms with E-state index < -0.39 is 23.9 Å². The van der Waals surface area contributed by atoms with Gasteiger partial charge in [-0.25, -0.2) is 19.2 Å². The lowest BCUT2D eigenvalue weighted by atomic mass is 9.73. The number of hydrogen-bond donors (Lipinski definition) is 8. The summed E-state index contributed by atoms with van der Waals surface area (Å²) >= 11 is 0. The minimum absolute atomic E-state index is 0.0214. The zero-order valence-electron chi connectivity index (χ0n) is 75.8. The molecule has 16 rings (SSSR count). The van der Waals surface area contributed by atoms with Crippen LogP contribution in [0.4, 0.5) is 0 Å². The molecule has 129 heavy (non-hydrogen) atoms. The van der Waals surface area contributed by atoms with Crippen LogP contribution in [0.2, 0.25) is 0 Å². The van der Waals surface area contributed by atoms with Crippen molar-refractivity contribution in [2.45, 2.75) is 282 Å². The normalized spacial score (nSPS) is 28.4. The summed E-state index contributed by atoms with van der Waals surface area (Å²) in [5.74, 6) is 1.71. The highest BCUT2D eigenvalue weighted by Gasteiger charge is 2.50. The molecule has 8 N–H and O–H groups in total. The molecule has 4 aromatic carbocycles. The molecule has 0 radical (unpaired) electrons. The largest absolute Gasteiger partial charge is 0.482 e. The van der Waals surface area contributed by atoms with Crippen molar-refractivity contribution in [3.05, 3.63) is 117 Å². The van der Waals surface area contributed by atoms with Gasteiger partial charge in [-0.05, 0) is 326 Å². The number of ether oxygens (including phenoxy) is 11. The lowest BCUT2D eigenvalue weighted by molar-refractivity contribution is -0.169. The molecule has 0 bridgehead atoms. The van der Waals surface area contributed by atoms with Gasteiger partial charge in [-0.3, -0.25) is 19.2 Å². The molecule has 3 saturated heterocycles. The number of aliphatic hydroxyl groups excluding tert-OH is 4. The van der Waals surface area contributed by atoms with Crippen LogP contribution in [0.1, 0.15) is 226 Å². The van der Waals surface area contributed by atoms with E-state index in [0.29, 0.717) is 110 Å². The minimum Gasteiger partial charge on any atom is -0.482 e. The van der Waals surface area contributed by atoms with Gasteiger partial charge in [0.05, 0.1) is 62.0 Å². The quantitative estimate of drug-likeness (QED) is 0.0155. The van der Waals surface area contributed by atoms with Gasteiger partial charge in [-0.15, -0.1) is 0 Å². The van der Waals surface area contributed by atoms with Gasteiger partial charge in [-0.1, -0.05) is 95.5 Å². The molecular formula is C102H140O27. The fourth-order valence-electron chi connectivity index (χ4n) is 23.6. The second-order valence-corrected chi connectivity index (χ2v) is 38.7. The Labute approximate surface area is 758 Å². The number of benzene rings is 4. The smallest absolute Gasteiger partial charge is 0.341 e. The Morgan fingerprint density at radius 3 is 0.853 bits per heavy atom. The van der Waals surface area contributed by atoms with Crippen LogP contribution in [0.25, 0.3) is 0 Å². The molecular weight excluding hydrogens is 1660 g/mol. The Hall–Kier alpha value is -8.44. The van der Waals surface area contributed by atoms with Crippen molar-refractivity contribution in [1.29, 1.82) is 0 Å². The van der Waals surface area contributed by atoms with E-state index in [9.17, 15) is 58.8 Å². The number of carboxylic acid groups (broad SMARTS) is 4. The number of carbonyl (C=O) groups is 8. The van der Waals surface area contributed by atoms with Gasteiger partial charge >= 0.3 is 47.8 Å². The Morgan fingerprint density at radius 2 is 0.589 bits per heavy atom. The molecule has 12 aliphatic rings. The van der Waals surface area contributed by atoms with Crippen LogP contribution in [-0.2, 0) is 123 Å². The SMILES string of the molecule is CC[C@@H](CC[C@@H]1[C@H]2Cc3cccc(OCC(=O)O)c3C[C@H]2C[C@H]1O)OC(=O)C1CCCCC1.CC[C@@H](CC[C@@H]1[C@H]2Cc3cccc(OCC(=O)O)c3C[C@H]2C[C@H]1O)OC(=O)C1CCOC1.CC[C@@H](CC[C@@H]1[C@H]2Cc3cccc(OCC(=O)O)c3C[C@H]2C[C@H]1O)OC(=O)C1CCOCC1.CC[C@@H](CC[C@@H]1[C@H]2Cc3cccc(OCC(=O)O)c3C[C@H]2C[C@H]1O)OC(=O)C1COC1. The first kappa shape index (κ1) is 98.1. The van der Waals surface area contributed by atoms with Crippen LogP contribution in [0.3, 0.4) is 0 Å². The van der Waals surface area contributed by atoms with Crippen molar-refractivity contribution in [1.82, 2.24) is 0 Å². The van der Waals surface area contributed by atoms with Crippen LogP contribution in [0.15, 0.2) is 72.8 Å². The van der Waals surface area contributed by atoms with E-state index in [1.165, 1.54) is 28.7 Å². The average molecular weight is 1800 g/mol. The van der Waals surface area contributed by atoms with Gasteiger partial charge in [0.2, 0.25) is 0 Å². The summed E-state index contributed by atoms with van der Waals surface area (Å²) in [5.41, 5.74) is 9.12. The summed E-state index contributed by atoms with van der Waals surface area (Å²) in [4.78, 5) is 93.3. The summed E-state index contributed by atoms with van der Waals surface area (Å²) in [6.07, 6.45) is 25.0. The highest BCUT2D eigenvalue weighted by Crippen LogP contribution is 2.54. The Morgan fingerprint density at radius 1 is 0.326 bits per heavy atom. The topological polar surface area (TPSA) is 400 Å².